The lowest BCUT2D eigenvalue weighted by Crippen LogP contribution is -2.45. The summed E-state index contributed by atoms with van der Waals surface area (Å²) in [6, 6.07) is 6.82. The number of rotatable bonds is 3. The third-order valence-electron chi connectivity index (χ3n) is 3.99. The van der Waals surface area contributed by atoms with E-state index in [1.165, 1.54) is 18.5 Å². The van der Waals surface area contributed by atoms with E-state index in [1.807, 2.05) is 13.0 Å². The van der Waals surface area contributed by atoms with Crippen LogP contribution in [0.1, 0.15) is 24.0 Å². The summed E-state index contributed by atoms with van der Waals surface area (Å²) in [5.41, 5.74) is 8.73. The number of benzene rings is 1. The third-order valence-corrected chi connectivity index (χ3v) is 3.99. The number of aryl methyl sites for hydroxylation is 1. The Morgan fingerprint density at radius 3 is 2.74 bits per heavy atom. The molecule has 0 radical (unpaired) electrons. The Bertz CT molecular complexity index is 467. The van der Waals surface area contributed by atoms with E-state index in [9.17, 15) is 0 Å². The maximum atomic E-state index is 7.54. The predicted octanol–water partition coefficient (Wildman–Crippen LogP) is 1.81. The number of nitrogens with zero attached hydrogens (tertiary/aromatic N) is 2. The number of nitrogen functional groups attached to an aromatic ring is 1. The van der Waals surface area contributed by atoms with E-state index < -0.39 is 0 Å². The fraction of sp³-hybridized carbons (Fsp3) is 0.533. The fourth-order valence-electron chi connectivity index (χ4n) is 2.76. The minimum atomic E-state index is 0.147. The molecule has 1 unspecified atom stereocenters. The summed E-state index contributed by atoms with van der Waals surface area (Å²) in [6.07, 6.45) is 2.50. The van der Waals surface area contributed by atoms with E-state index in [0.29, 0.717) is 6.04 Å². The Morgan fingerprint density at radius 2 is 2.16 bits per heavy atom. The third kappa shape index (κ3) is 3.07. The summed E-state index contributed by atoms with van der Waals surface area (Å²) >= 11 is 0. The molecule has 1 heterocycles. The molecule has 3 N–H and O–H groups in total. The number of piperidine rings is 1. The normalized spacial score (nSPS) is 19.8. The first kappa shape index (κ1) is 13.9. The van der Waals surface area contributed by atoms with Gasteiger partial charge in [0.05, 0.1) is 0 Å². The zero-order valence-corrected chi connectivity index (χ0v) is 12.1. The van der Waals surface area contributed by atoms with Crippen LogP contribution in [0.3, 0.4) is 0 Å². The largest absolute Gasteiger partial charge is 0.384 e. The summed E-state index contributed by atoms with van der Waals surface area (Å²) in [7, 11) is 4.30. The molecule has 0 aromatic heterocycles. The van der Waals surface area contributed by atoms with Crippen molar-refractivity contribution in [1.82, 2.24) is 4.90 Å². The molecule has 0 amide bonds. The molecule has 1 aromatic carbocycles. The van der Waals surface area contributed by atoms with Gasteiger partial charge in [0.2, 0.25) is 0 Å². The smallest absolute Gasteiger partial charge is 0.123 e. The molecule has 0 spiro atoms. The van der Waals surface area contributed by atoms with E-state index >= 15 is 0 Å². The van der Waals surface area contributed by atoms with Gasteiger partial charge in [-0.3, -0.25) is 5.41 Å². The van der Waals surface area contributed by atoms with E-state index in [2.05, 4.69) is 36.0 Å². The Labute approximate surface area is 115 Å². The second kappa shape index (κ2) is 5.61. The molecule has 0 bridgehead atoms. The number of hydrogen-bond acceptors (Lipinski definition) is 3. The van der Waals surface area contributed by atoms with Crippen LogP contribution in [0.5, 0.6) is 0 Å². The lowest BCUT2D eigenvalue weighted by Gasteiger charge is -2.37. The van der Waals surface area contributed by atoms with Gasteiger partial charge in [0.1, 0.15) is 5.84 Å². The second-order valence-corrected chi connectivity index (χ2v) is 5.62. The molecule has 0 aliphatic carbocycles. The standard InChI is InChI=1S/C15H24N4/c1-11-9-12(6-7-14(11)15(16)17)19-8-4-5-13(10-19)18(2)3/h6-7,9,13H,4-5,8,10H2,1-3H3,(H3,16,17). The Kier molecular flexibility index (Phi) is 4.10. The van der Waals surface area contributed by atoms with Gasteiger partial charge >= 0.3 is 0 Å². The lowest BCUT2D eigenvalue weighted by molar-refractivity contribution is 0.258. The van der Waals surface area contributed by atoms with Crippen LogP contribution in [0, 0.1) is 12.3 Å². The predicted molar refractivity (Wildman–Crippen MR) is 81.1 cm³/mol. The highest BCUT2D eigenvalue weighted by Gasteiger charge is 2.21. The van der Waals surface area contributed by atoms with Crippen LogP contribution in [0.2, 0.25) is 0 Å². The van der Waals surface area contributed by atoms with Crippen LogP contribution in [0.15, 0.2) is 18.2 Å². The first-order chi connectivity index (χ1) is 8.99. The van der Waals surface area contributed by atoms with E-state index in [1.54, 1.807) is 0 Å². The molecule has 19 heavy (non-hydrogen) atoms. The number of anilines is 1. The summed E-state index contributed by atoms with van der Waals surface area (Å²) in [6.45, 7) is 4.21. The van der Waals surface area contributed by atoms with Gasteiger partial charge in [-0.05, 0) is 57.6 Å². The van der Waals surface area contributed by atoms with Gasteiger partial charge in [-0.25, -0.2) is 0 Å². The zero-order chi connectivity index (χ0) is 14.0. The van der Waals surface area contributed by atoms with Crippen molar-refractivity contribution in [3.8, 4) is 0 Å². The van der Waals surface area contributed by atoms with Gasteiger partial charge < -0.3 is 15.5 Å². The topological polar surface area (TPSA) is 56.4 Å². The first-order valence-electron chi connectivity index (χ1n) is 6.85. The van der Waals surface area contributed by atoms with Crippen molar-refractivity contribution in [2.24, 2.45) is 5.73 Å². The van der Waals surface area contributed by atoms with Crippen molar-refractivity contribution < 1.29 is 0 Å². The summed E-state index contributed by atoms with van der Waals surface area (Å²) < 4.78 is 0. The van der Waals surface area contributed by atoms with Gasteiger partial charge in [-0.1, -0.05) is 0 Å². The van der Waals surface area contributed by atoms with Crippen LogP contribution in [-0.2, 0) is 0 Å². The first-order valence-corrected chi connectivity index (χ1v) is 6.85. The summed E-state index contributed by atoms with van der Waals surface area (Å²) in [5.74, 6) is 0.147. The number of nitrogens with one attached hydrogen (secondary N) is 1. The minimum Gasteiger partial charge on any atom is -0.384 e. The number of nitrogens with two attached hydrogens (primary N) is 1. The molecule has 1 aliphatic rings. The van der Waals surface area contributed by atoms with Crippen LogP contribution >= 0.6 is 0 Å². The highest BCUT2D eigenvalue weighted by Crippen LogP contribution is 2.24. The molecular weight excluding hydrogens is 236 g/mol. The molecule has 0 saturated carbocycles. The molecule has 1 saturated heterocycles. The maximum absolute atomic E-state index is 7.54. The quantitative estimate of drug-likeness (QED) is 0.644. The van der Waals surface area contributed by atoms with Crippen molar-refractivity contribution in [1.29, 1.82) is 5.41 Å². The van der Waals surface area contributed by atoms with Gasteiger partial charge in [-0.15, -0.1) is 0 Å². The van der Waals surface area contributed by atoms with Crippen molar-refractivity contribution in [2.45, 2.75) is 25.8 Å². The number of amidine groups is 1. The Balaban J connectivity index is 2.18. The Hall–Kier alpha value is -1.55. The zero-order valence-electron chi connectivity index (χ0n) is 12.1. The Morgan fingerprint density at radius 1 is 1.42 bits per heavy atom. The lowest BCUT2D eigenvalue weighted by atomic mass is 10.0. The van der Waals surface area contributed by atoms with Gasteiger partial charge in [-0.2, -0.15) is 0 Å². The average molecular weight is 260 g/mol. The molecule has 1 aliphatic heterocycles. The van der Waals surface area contributed by atoms with Crippen LogP contribution < -0.4 is 10.6 Å². The van der Waals surface area contributed by atoms with Gasteiger partial charge in [0.25, 0.3) is 0 Å². The molecule has 1 fully saturated rings. The molecular formula is C15H24N4. The van der Waals surface area contributed by atoms with E-state index in [4.69, 9.17) is 11.1 Å². The maximum Gasteiger partial charge on any atom is 0.123 e. The van der Waals surface area contributed by atoms with Crippen LogP contribution in [0.4, 0.5) is 5.69 Å². The summed E-state index contributed by atoms with van der Waals surface area (Å²) in [4.78, 5) is 4.74. The van der Waals surface area contributed by atoms with Crippen molar-refractivity contribution in [3.05, 3.63) is 29.3 Å². The molecule has 1 aromatic rings. The highest BCUT2D eigenvalue weighted by molar-refractivity contribution is 5.96. The van der Waals surface area contributed by atoms with Crippen molar-refractivity contribution in [2.75, 3.05) is 32.1 Å². The fourth-order valence-corrected chi connectivity index (χ4v) is 2.76. The van der Waals surface area contributed by atoms with Crippen molar-refractivity contribution in [3.63, 3.8) is 0 Å². The van der Waals surface area contributed by atoms with Crippen LogP contribution in [0.25, 0.3) is 0 Å². The van der Waals surface area contributed by atoms with Gasteiger partial charge in [0.15, 0.2) is 0 Å². The summed E-state index contributed by atoms with van der Waals surface area (Å²) in [5, 5.41) is 7.54. The SMILES string of the molecule is Cc1cc(N2CCCC(N(C)C)C2)ccc1C(=N)N. The van der Waals surface area contributed by atoms with Gasteiger partial charge in [0, 0.05) is 30.4 Å². The van der Waals surface area contributed by atoms with Crippen LogP contribution in [-0.4, -0.2) is 44.0 Å². The minimum absolute atomic E-state index is 0.147. The monoisotopic (exact) mass is 260 g/mol. The molecule has 1 atom stereocenters. The molecule has 2 rings (SSSR count). The highest BCUT2D eigenvalue weighted by atomic mass is 15.2. The van der Waals surface area contributed by atoms with E-state index in [-0.39, 0.29) is 5.84 Å². The molecule has 4 nitrogen and oxygen atoms in total. The number of hydrogen-bond donors (Lipinski definition) is 2. The second-order valence-electron chi connectivity index (χ2n) is 5.62. The van der Waals surface area contributed by atoms with Crippen molar-refractivity contribution >= 4 is 11.5 Å². The van der Waals surface area contributed by atoms with E-state index in [0.717, 1.165) is 24.2 Å². The molecule has 104 valence electrons. The average Bonchev–Trinajstić information content (AvgIpc) is 2.38. The number of likely N-dealkylation sites (N-methyl/N-ethyl adjacent to an activating group) is 1. The molecule has 4 heteroatoms.